The molecule has 1 aliphatic rings. The molecule has 0 spiro atoms. The van der Waals surface area contributed by atoms with Gasteiger partial charge in [0.15, 0.2) is 5.03 Å². The molecule has 0 radical (unpaired) electrons. The van der Waals surface area contributed by atoms with Gasteiger partial charge in [-0.2, -0.15) is 8.42 Å². The minimum atomic E-state index is -4.32. The van der Waals surface area contributed by atoms with Crippen LogP contribution in [0.4, 0.5) is 10.2 Å². The van der Waals surface area contributed by atoms with Gasteiger partial charge < -0.3 is 14.7 Å². The Bertz CT molecular complexity index is 1440. The van der Waals surface area contributed by atoms with Gasteiger partial charge in [-0.3, -0.25) is 4.79 Å². The van der Waals surface area contributed by atoms with Crippen LogP contribution < -0.4 is 14.4 Å². The minimum absolute atomic E-state index is 0.0721. The summed E-state index contributed by atoms with van der Waals surface area (Å²) in [5, 5.41) is 8.92. The van der Waals surface area contributed by atoms with E-state index in [1.54, 1.807) is 12.1 Å². The molecule has 0 bridgehead atoms. The van der Waals surface area contributed by atoms with Gasteiger partial charge in [0.05, 0.1) is 30.2 Å². The number of anilines is 1. The van der Waals surface area contributed by atoms with Gasteiger partial charge in [0.25, 0.3) is 15.9 Å². The lowest BCUT2D eigenvalue weighted by molar-refractivity contribution is 0.0981. The number of pyridine rings is 2. The van der Waals surface area contributed by atoms with Crippen LogP contribution in [0.5, 0.6) is 5.75 Å². The Labute approximate surface area is 228 Å². The molecular weight excluding hydrogens is 523 g/mol. The normalized spacial score (nSPS) is 14.5. The maximum Gasteiger partial charge on any atom is 0.281 e. The lowest BCUT2D eigenvalue weighted by Crippen LogP contribution is -2.37. The third-order valence-electron chi connectivity index (χ3n) is 6.40. The zero-order valence-electron chi connectivity index (χ0n) is 22.2. The molecule has 39 heavy (non-hydrogen) atoms. The minimum Gasteiger partial charge on any atom is -0.493 e. The van der Waals surface area contributed by atoms with E-state index in [0.717, 1.165) is 12.8 Å². The van der Waals surface area contributed by atoms with Crippen LogP contribution in [0.25, 0.3) is 11.3 Å². The van der Waals surface area contributed by atoms with E-state index < -0.39 is 28.4 Å². The highest BCUT2D eigenvalue weighted by atomic mass is 32.2. The zero-order chi connectivity index (χ0) is 28.2. The smallest absolute Gasteiger partial charge is 0.281 e. The van der Waals surface area contributed by atoms with Crippen molar-refractivity contribution in [1.82, 2.24) is 14.7 Å². The number of hydrogen-bond acceptors (Lipinski definition) is 8. The molecule has 3 heterocycles. The number of aliphatic hydroxyl groups is 1. The van der Waals surface area contributed by atoms with Crippen molar-refractivity contribution in [2.75, 3.05) is 24.6 Å². The molecule has 1 aromatic carbocycles. The topological polar surface area (TPSA) is 122 Å². The van der Waals surface area contributed by atoms with Crippen molar-refractivity contribution in [3.63, 3.8) is 0 Å². The summed E-state index contributed by atoms with van der Waals surface area (Å²) < 4.78 is 48.1. The first-order valence-electron chi connectivity index (χ1n) is 12.9. The summed E-state index contributed by atoms with van der Waals surface area (Å²) in [7, 11) is -4.32. The number of amides is 1. The standard InChI is InChI=1S/C28H33FN4O5S/c1-18(2)17-38-23-14-20(13-21(29)15-23)25-8-7-24(27(31-25)33-11-9-19(3)10-12-33)28(35)32-39(36,37)26-6-4-5-22(16-34)30-26/h4-8,13-15,18-19,34H,9-12,16-17H2,1-3H3,(H,32,35). The molecule has 11 heteroatoms. The number of carbonyl (C=O) groups is 1. The number of piperidine rings is 1. The van der Waals surface area contributed by atoms with Crippen LogP contribution in [0, 0.1) is 17.7 Å². The number of aliphatic hydroxyl groups excluding tert-OH is 1. The second kappa shape index (κ2) is 12.1. The van der Waals surface area contributed by atoms with Crippen LogP contribution in [0.2, 0.25) is 0 Å². The van der Waals surface area contributed by atoms with Crippen molar-refractivity contribution in [1.29, 1.82) is 0 Å². The molecule has 1 saturated heterocycles. The van der Waals surface area contributed by atoms with Gasteiger partial charge in [-0.15, -0.1) is 0 Å². The molecule has 1 aliphatic heterocycles. The quantitative estimate of drug-likeness (QED) is 0.403. The molecule has 208 valence electrons. The first-order valence-corrected chi connectivity index (χ1v) is 14.4. The van der Waals surface area contributed by atoms with Crippen LogP contribution >= 0.6 is 0 Å². The first-order chi connectivity index (χ1) is 18.6. The van der Waals surface area contributed by atoms with E-state index >= 15 is 0 Å². The summed E-state index contributed by atoms with van der Waals surface area (Å²) in [4.78, 5) is 23.9. The summed E-state index contributed by atoms with van der Waals surface area (Å²) in [6.45, 7) is 7.41. The lowest BCUT2D eigenvalue weighted by atomic mass is 9.98. The molecular formula is C28H33FN4O5S. The SMILES string of the molecule is CC(C)COc1cc(F)cc(-c2ccc(C(=O)NS(=O)(=O)c3cccc(CO)n3)c(N3CCC(C)CC3)n2)c1. The molecule has 0 atom stereocenters. The number of rotatable bonds is 9. The predicted octanol–water partition coefficient (Wildman–Crippen LogP) is 4.16. The third-order valence-corrected chi connectivity index (χ3v) is 7.63. The van der Waals surface area contributed by atoms with Crippen molar-refractivity contribution in [2.45, 2.75) is 45.2 Å². The number of nitrogens with one attached hydrogen (secondary N) is 1. The Balaban J connectivity index is 1.70. The Morgan fingerprint density at radius 3 is 2.59 bits per heavy atom. The van der Waals surface area contributed by atoms with Gasteiger partial charge >= 0.3 is 0 Å². The maximum atomic E-state index is 14.5. The average Bonchev–Trinajstić information content (AvgIpc) is 2.91. The van der Waals surface area contributed by atoms with E-state index in [9.17, 15) is 22.7 Å². The molecule has 0 aliphatic carbocycles. The van der Waals surface area contributed by atoms with Crippen LogP contribution in [0.1, 0.15) is 49.7 Å². The molecule has 9 nitrogen and oxygen atoms in total. The Morgan fingerprint density at radius 2 is 1.90 bits per heavy atom. The van der Waals surface area contributed by atoms with Crippen molar-refractivity contribution >= 4 is 21.7 Å². The van der Waals surface area contributed by atoms with E-state index in [4.69, 9.17) is 9.72 Å². The molecule has 2 N–H and O–H groups in total. The molecule has 1 fully saturated rings. The average molecular weight is 557 g/mol. The molecule has 3 aromatic rings. The maximum absolute atomic E-state index is 14.5. The number of hydrogen-bond donors (Lipinski definition) is 2. The summed E-state index contributed by atoms with van der Waals surface area (Å²) in [6.07, 6.45) is 1.77. The summed E-state index contributed by atoms with van der Waals surface area (Å²) in [5.74, 6) is 0.123. The van der Waals surface area contributed by atoms with Gasteiger partial charge in [-0.1, -0.05) is 26.8 Å². The number of carbonyl (C=O) groups excluding carboxylic acids is 1. The van der Waals surface area contributed by atoms with E-state index in [2.05, 4.69) is 16.6 Å². The molecule has 2 aromatic heterocycles. The number of nitrogens with zero attached hydrogens (tertiary/aromatic N) is 3. The van der Waals surface area contributed by atoms with Gasteiger partial charge in [-0.25, -0.2) is 19.1 Å². The van der Waals surface area contributed by atoms with E-state index in [1.807, 2.05) is 18.7 Å². The van der Waals surface area contributed by atoms with Crippen LogP contribution in [-0.2, 0) is 16.6 Å². The van der Waals surface area contributed by atoms with Crippen LogP contribution in [0.3, 0.4) is 0 Å². The van der Waals surface area contributed by atoms with E-state index in [0.29, 0.717) is 48.4 Å². The van der Waals surface area contributed by atoms with Crippen molar-refractivity contribution in [2.24, 2.45) is 11.8 Å². The number of halogens is 1. The molecule has 1 amide bonds. The zero-order valence-corrected chi connectivity index (χ0v) is 23.0. The third kappa shape index (κ3) is 7.10. The first kappa shape index (κ1) is 28.4. The Kier molecular flexibility index (Phi) is 8.81. The Hall–Kier alpha value is -3.57. The highest BCUT2D eigenvalue weighted by Crippen LogP contribution is 2.30. The van der Waals surface area contributed by atoms with Crippen LogP contribution in [0.15, 0.2) is 53.6 Å². The van der Waals surface area contributed by atoms with Crippen molar-refractivity contribution in [3.05, 3.63) is 65.6 Å². The fraction of sp³-hybridized carbons (Fsp3) is 0.393. The highest BCUT2D eigenvalue weighted by Gasteiger charge is 2.27. The van der Waals surface area contributed by atoms with E-state index in [-0.39, 0.29) is 22.2 Å². The fourth-order valence-electron chi connectivity index (χ4n) is 4.23. The summed E-state index contributed by atoms with van der Waals surface area (Å²) >= 11 is 0. The number of ether oxygens (including phenoxy) is 1. The van der Waals surface area contributed by atoms with Gasteiger partial charge in [0.2, 0.25) is 0 Å². The fourth-order valence-corrected chi connectivity index (χ4v) is 5.18. The van der Waals surface area contributed by atoms with Gasteiger partial charge in [0.1, 0.15) is 17.4 Å². The second-order valence-corrected chi connectivity index (χ2v) is 11.8. The Morgan fingerprint density at radius 1 is 1.15 bits per heavy atom. The summed E-state index contributed by atoms with van der Waals surface area (Å²) in [6, 6.07) is 11.6. The lowest BCUT2D eigenvalue weighted by Gasteiger charge is -2.32. The van der Waals surface area contributed by atoms with Crippen LogP contribution in [-0.4, -0.2) is 49.1 Å². The van der Waals surface area contributed by atoms with Gasteiger partial charge in [0, 0.05) is 24.7 Å². The largest absolute Gasteiger partial charge is 0.493 e. The van der Waals surface area contributed by atoms with Gasteiger partial charge in [-0.05, 0) is 61.1 Å². The van der Waals surface area contributed by atoms with Crippen molar-refractivity contribution in [3.8, 4) is 17.0 Å². The second-order valence-electron chi connectivity index (χ2n) is 10.2. The number of aromatic nitrogens is 2. The van der Waals surface area contributed by atoms with E-state index in [1.165, 1.54) is 36.4 Å². The predicted molar refractivity (Wildman–Crippen MR) is 145 cm³/mol. The van der Waals surface area contributed by atoms with Crippen molar-refractivity contribution < 1.29 is 27.4 Å². The molecule has 4 rings (SSSR count). The summed E-state index contributed by atoms with van der Waals surface area (Å²) in [5.41, 5.74) is 1.13. The molecule has 0 saturated carbocycles. The highest BCUT2D eigenvalue weighted by molar-refractivity contribution is 7.90. The monoisotopic (exact) mass is 556 g/mol. The number of sulfonamides is 1. The molecule has 0 unspecified atom stereocenters. The number of benzene rings is 1.